The van der Waals surface area contributed by atoms with Crippen LogP contribution in [0.3, 0.4) is 0 Å². The number of aromatic amines is 1. The second kappa shape index (κ2) is 6.64. The number of hydrogen-bond acceptors (Lipinski definition) is 2. The second-order valence-electron chi connectivity index (χ2n) is 8.07. The number of likely N-dealkylation sites (N-methyl/N-ethyl adjacent to an activating group) is 1. The lowest BCUT2D eigenvalue weighted by molar-refractivity contribution is -0.125. The molecule has 4 nitrogen and oxygen atoms in total. The van der Waals surface area contributed by atoms with Crippen molar-refractivity contribution in [2.45, 2.75) is 25.4 Å². The third kappa shape index (κ3) is 2.76. The van der Waals surface area contributed by atoms with Crippen LogP contribution in [-0.4, -0.2) is 35.4 Å². The summed E-state index contributed by atoms with van der Waals surface area (Å²) >= 11 is 0. The predicted molar refractivity (Wildman–Crippen MR) is 113 cm³/mol. The normalized spacial score (nSPS) is 22.4. The van der Waals surface area contributed by atoms with Crippen molar-refractivity contribution in [3.05, 3.63) is 77.5 Å². The fourth-order valence-electron chi connectivity index (χ4n) is 4.76. The Labute approximate surface area is 165 Å². The molecule has 0 saturated carbocycles. The van der Waals surface area contributed by atoms with Crippen molar-refractivity contribution < 1.29 is 4.79 Å². The summed E-state index contributed by atoms with van der Waals surface area (Å²) in [4.78, 5) is 18.8. The fraction of sp³-hybridized carbons (Fsp3) is 0.292. The van der Waals surface area contributed by atoms with Crippen LogP contribution in [0.5, 0.6) is 0 Å². The minimum atomic E-state index is -0.141. The lowest BCUT2D eigenvalue weighted by Gasteiger charge is -2.39. The maximum absolute atomic E-state index is 13.1. The zero-order valence-electron chi connectivity index (χ0n) is 16.3. The number of carbonyl (C=O) groups excluding carboxylic acids is 1. The number of fused-ring (bicyclic) bond motifs is 2. The van der Waals surface area contributed by atoms with Crippen molar-refractivity contribution in [2.24, 2.45) is 5.92 Å². The number of aromatic nitrogens is 1. The van der Waals surface area contributed by atoms with Crippen LogP contribution in [0, 0.1) is 5.92 Å². The summed E-state index contributed by atoms with van der Waals surface area (Å²) in [5.41, 5.74) is 6.24. The first-order chi connectivity index (χ1) is 13.6. The van der Waals surface area contributed by atoms with Gasteiger partial charge in [-0.3, -0.25) is 9.69 Å². The Morgan fingerprint density at radius 2 is 2.00 bits per heavy atom. The molecule has 1 aromatic heterocycles. The van der Waals surface area contributed by atoms with Crippen LogP contribution in [0.25, 0.3) is 16.5 Å². The predicted octanol–water partition coefficient (Wildman–Crippen LogP) is 3.92. The van der Waals surface area contributed by atoms with Crippen LogP contribution >= 0.6 is 0 Å². The number of hydrogen-bond donors (Lipinski definition) is 2. The van der Waals surface area contributed by atoms with E-state index >= 15 is 0 Å². The first-order valence-electron chi connectivity index (χ1n) is 9.98. The van der Waals surface area contributed by atoms with Gasteiger partial charge in [-0.1, -0.05) is 48.5 Å². The molecule has 1 aliphatic carbocycles. The van der Waals surface area contributed by atoms with Crippen LogP contribution in [0.4, 0.5) is 0 Å². The molecular weight excluding hydrogens is 346 g/mol. The van der Waals surface area contributed by atoms with Crippen molar-refractivity contribution in [3.63, 3.8) is 0 Å². The molecule has 1 aliphatic heterocycles. The second-order valence-corrected chi connectivity index (χ2v) is 8.07. The molecule has 0 fully saturated rings. The van der Waals surface area contributed by atoms with E-state index in [1.165, 1.54) is 27.6 Å². The van der Waals surface area contributed by atoms with E-state index in [-0.39, 0.29) is 17.9 Å². The van der Waals surface area contributed by atoms with Gasteiger partial charge < -0.3 is 10.3 Å². The average molecular weight is 371 g/mol. The summed E-state index contributed by atoms with van der Waals surface area (Å²) in [6.07, 6.45) is 5.34. The summed E-state index contributed by atoms with van der Waals surface area (Å²) in [6.45, 7) is 2.79. The summed E-state index contributed by atoms with van der Waals surface area (Å²) < 4.78 is 0. The van der Waals surface area contributed by atoms with Gasteiger partial charge in [0.15, 0.2) is 0 Å². The molecule has 142 valence electrons. The molecule has 2 N–H and O–H groups in total. The van der Waals surface area contributed by atoms with Gasteiger partial charge >= 0.3 is 0 Å². The van der Waals surface area contributed by atoms with E-state index in [4.69, 9.17) is 0 Å². The molecule has 0 radical (unpaired) electrons. The van der Waals surface area contributed by atoms with E-state index in [9.17, 15) is 4.79 Å². The maximum Gasteiger partial charge on any atom is 0.228 e. The highest BCUT2D eigenvalue weighted by Crippen LogP contribution is 2.40. The van der Waals surface area contributed by atoms with Crippen molar-refractivity contribution in [1.82, 2.24) is 15.2 Å². The summed E-state index contributed by atoms with van der Waals surface area (Å²) in [7, 11) is 2.14. The highest BCUT2D eigenvalue weighted by molar-refractivity contribution is 5.99. The highest BCUT2D eigenvalue weighted by atomic mass is 16.2. The van der Waals surface area contributed by atoms with E-state index in [2.05, 4.69) is 64.9 Å². The zero-order chi connectivity index (χ0) is 19.3. The van der Waals surface area contributed by atoms with E-state index in [0.717, 1.165) is 18.5 Å². The van der Waals surface area contributed by atoms with Crippen molar-refractivity contribution in [2.75, 3.05) is 13.6 Å². The Balaban J connectivity index is 1.46. The summed E-state index contributed by atoms with van der Waals surface area (Å²) in [5, 5.41) is 4.52. The highest BCUT2D eigenvalue weighted by Gasteiger charge is 2.35. The summed E-state index contributed by atoms with van der Waals surface area (Å²) in [6, 6.07) is 16.9. The van der Waals surface area contributed by atoms with Gasteiger partial charge in [0.25, 0.3) is 0 Å². The zero-order valence-corrected chi connectivity index (χ0v) is 16.3. The molecule has 0 spiro atoms. The number of amides is 1. The molecule has 3 atom stereocenters. The Hall–Kier alpha value is -2.85. The molecule has 0 saturated heterocycles. The molecule has 28 heavy (non-hydrogen) atoms. The average Bonchev–Trinajstić information content (AvgIpc) is 3.13. The van der Waals surface area contributed by atoms with Gasteiger partial charge in [0, 0.05) is 29.7 Å². The Bertz CT molecular complexity index is 1070. The van der Waals surface area contributed by atoms with Crippen LogP contribution < -0.4 is 5.32 Å². The molecule has 0 bridgehead atoms. The van der Waals surface area contributed by atoms with Crippen LogP contribution in [-0.2, 0) is 11.2 Å². The lowest BCUT2D eigenvalue weighted by Crippen LogP contribution is -2.46. The van der Waals surface area contributed by atoms with Gasteiger partial charge in [0.05, 0.1) is 12.0 Å². The number of nitrogens with zero attached hydrogens (tertiary/aromatic N) is 1. The Morgan fingerprint density at radius 3 is 2.82 bits per heavy atom. The van der Waals surface area contributed by atoms with Crippen LogP contribution in [0.2, 0.25) is 0 Å². The molecule has 5 rings (SSSR count). The maximum atomic E-state index is 13.1. The monoisotopic (exact) mass is 371 g/mol. The van der Waals surface area contributed by atoms with E-state index < -0.39 is 0 Å². The third-order valence-electron chi connectivity index (χ3n) is 6.26. The Kier molecular flexibility index (Phi) is 4.09. The van der Waals surface area contributed by atoms with Crippen molar-refractivity contribution >= 4 is 22.4 Å². The minimum Gasteiger partial charge on any atom is -0.361 e. The van der Waals surface area contributed by atoms with Gasteiger partial charge in [0.2, 0.25) is 5.91 Å². The number of rotatable bonds is 3. The molecular formula is C24H25N3O. The van der Waals surface area contributed by atoms with Gasteiger partial charge in [-0.2, -0.15) is 0 Å². The molecule has 2 heterocycles. The molecule has 3 aromatic rings. The van der Waals surface area contributed by atoms with E-state index in [1.54, 1.807) is 0 Å². The molecule has 2 unspecified atom stereocenters. The first-order valence-corrected chi connectivity index (χ1v) is 9.98. The van der Waals surface area contributed by atoms with E-state index in [1.807, 2.05) is 25.1 Å². The number of carbonyl (C=O) groups is 1. The smallest absolute Gasteiger partial charge is 0.228 e. The van der Waals surface area contributed by atoms with Gasteiger partial charge in [-0.15, -0.1) is 0 Å². The van der Waals surface area contributed by atoms with Crippen molar-refractivity contribution in [3.8, 4) is 0 Å². The lowest BCUT2D eigenvalue weighted by atomic mass is 9.79. The number of benzene rings is 2. The number of H-pyrrole nitrogens is 1. The molecule has 4 heteroatoms. The molecule has 2 aliphatic rings. The van der Waals surface area contributed by atoms with Gasteiger partial charge in [-0.05, 0) is 48.7 Å². The fourth-order valence-corrected chi connectivity index (χ4v) is 4.76. The minimum absolute atomic E-state index is 0.00111. The van der Waals surface area contributed by atoms with E-state index in [0.29, 0.717) is 6.04 Å². The first kappa shape index (κ1) is 17.3. The van der Waals surface area contributed by atoms with Crippen LogP contribution in [0.1, 0.15) is 29.7 Å². The standard InChI is InChI=1S/C24H25N3O/c1-15(16-7-4-3-5-8-16)26-24(28)18-11-20-19-9-6-10-21-23(19)17(13-25-21)12-22(20)27(2)14-18/h3-11,13,15,18,22,25H,12,14H2,1-2H3,(H,26,28)/t15?,18-,22?/m1/s1. The van der Waals surface area contributed by atoms with Gasteiger partial charge in [0.1, 0.15) is 0 Å². The molecule has 2 aromatic carbocycles. The largest absolute Gasteiger partial charge is 0.361 e. The Morgan fingerprint density at radius 1 is 1.18 bits per heavy atom. The van der Waals surface area contributed by atoms with Gasteiger partial charge in [-0.25, -0.2) is 0 Å². The summed E-state index contributed by atoms with van der Waals surface area (Å²) in [5.74, 6) is -0.0423. The molecule has 1 amide bonds. The quantitative estimate of drug-likeness (QED) is 0.733. The number of nitrogens with one attached hydrogen (secondary N) is 2. The third-order valence-corrected chi connectivity index (χ3v) is 6.26. The van der Waals surface area contributed by atoms with Crippen molar-refractivity contribution in [1.29, 1.82) is 0 Å². The van der Waals surface area contributed by atoms with Crippen LogP contribution in [0.15, 0.2) is 60.8 Å². The SMILES string of the molecule is CC(NC(=O)[C@@H]1C=C2c3cccc4[nH]cc(c34)CC2N(C)C1)c1ccccc1. The topological polar surface area (TPSA) is 48.1 Å².